The Kier molecular flexibility index (Phi) is 10.1. The molecule has 0 aliphatic carbocycles. The fourth-order valence-corrected chi connectivity index (χ4v) is 12.8. The molecule has 0 saturated heterocycles. The Morgan fingerprint density at radius 3 is 0.837 bits per heavy atom. The largest absolute Gasteiger partial charge is 0.143 e. The van der Waals surface area contributed by atoms with E-state index in [9.17, 15) is 0 Å². The van der Waals surface area contributed by atoms with Gasteiger partial charge in [0.1, 0.15) is 0 Å². The lowest BCUT2D eigenvalue weighted by Crippen LogP contribution is -1.88. The second kappa shape index (κ2) is 14.5. The lowest BCUT2D eigenvalue weighted by molar-refractivity contribution is 0.614. The fourth-order valence-electron chi connectivity index (χ4n) is 6.30. The normalized spacial score (nSPS) is 15.6. The van der Waals surface area contributed by atoms with E-state index in [0.717, 1.165) is 0 Å². The van der Waals surface area contributed by atoms with E-state index in [1.54, 1.807) is 22.3 Å². The molecule has 6 aromatic heterocycles. The van der Waals surface area contributed by atoms with Crippen LogP contribution < -0.4 is 0 Å². The van der Waals surface area contributed by atoms with Crippen molar-refractivity contribution in [2.45, 2.75) is 83.5 Å². The molecule has 0 aromatic carbocycles. The average molecular weight is 675 g/mol. The van der Waals surface area contributed by atoms with Gasteiger partial charge >= 0.3 is 0 Å². The Labute approximate surface area is 280 Å². The standard InChI is InChI=1S/C37H38S6/c1-2-6-10-26-18-22-38-34(26)30-14-16-32(42-30)36-28(20-24-40-36)12-8-4-5-9-13-29-21-25-41-37(29)33-17-15-31(43-33)35-27(11-7-3-1)19-23-39-35/h14-25H,1-13H2. The maximum absolute atomic E-state index is 2.38. The molecule has 0 N–H and O–H groups in total. The number of fused-ring (bicyclic) bond motifs is 12. The lowest BCUT2D eigenvalue weighted by atomic mass is 10.0. The summed E-state index contributed by atoms with van der Waals surface area (Å²) < 4.78 is 0. The number of thiophene rings is 6. The van der Waals surface area contributed by atoms with Crippen LogP contribution in [0.5, 0.6) is 0 Å². The average Bonchev–Trinajstić information content (AvgIpc) is 3.86. The van der Waals surface area contributed by atoms with E-state index in [1.807, 2.05) is 68.0 Å². The molecule has 43 heavy (non-hydrogen) atoms. The second-order valence-electron chi connectivity index (χ2n) is 11.6. The van der Waals surface area contributed by atoms with Gasteiger partial charge in [0.25, 0.3) is 0 Å². The van der Waals surface area contributed by atoms with Crippen molar-refractivity contribution in [3.8, 4) is 39.0 Å². The maximum Gasteiger partial charge on any atom is 0.0474 e. The maximum atomic E-state index is 2.38. The first-order valence-corrected chi connectivity index (χ1v) is 21.0. The molecule has 0 spiro atoms. The van der Waals surface area contributed by atoms with Crippen LogP contribution >= 0.6 is 68.0 Å². The van der Waals surface area contributed by atoms with Crippen molar-refractivity contribution in [3.05, 3.63) is 92.3 Å². The topological polar surface area (TPSA) is 0 Å². The van der Waals surface area contributed by atoms with Gasteiger partial charge in [0, 0.05) is 39.0 Å². The highest BCUT2D eigenvalue weighted by Gasteiger charge is 2.16. The predicted octanol–water partition coefficient (Wildman–Crippen LogP) is 14.1. The van der Waals surface area contributed by atoms with E-state index < -0.39 is 0 Å². The molecule has 0 radical (unpaired) electrons. The van der Waals surface area contributed by atoms with Crippen LogP contribution in [0.25, 0.3) is 39.0 Å². The highest BCUT2D eigenvalue weighted by Crippen LogP contribution is 2.43. The Balaban J connectivity index is 1.07. The third-order valence-electron chi connectivity index (χ3n) is 8.63. The Bertz CT molecular complexity index is 1600. The first-order valence-electron chi connectivity index (χ1n) is 15.8. The van der Waals surface area contributed by atoms with Gasteiger partial charge in [-0.25, -0.2) is 0 Å². The zero-order valence-electron chi connectivity index (χ0n) is 24.6. The molecule has 7 heterocycles. The number of aryl methyl sites for hydroxylation is 4. The SMILES string of the molecule is c1cc2c(s1)-c1ccc(s1)-c1sccc1CCCCCCc1ccsc1-c1ccc(s1)-c1sccc1CCCCCCC2. The van der Waals surface area contributed by atoms with E-state index in [1.165, 1.54) is 122 Å². The van der Waals surface area contributed by atoms with Gasteiger partial charge in [-0.1, -0.05) is 32.1 Å². The monoisotopic (exact) mass is 674 g/mol. The van der Waals surface area contributed by atoms with Crippen LogP contribution in [-0.4, -0.2) is 0 Å². The number of rotatable bonds is 0. The van der Waals surface area contributed by atoms with Crippen LogP contribution in [0.15, 0.2) is 70.1 Å². The van der Waals surface area contributed by atoms with Crippen LogP contribution in [0.3, 0.4) is 0 Å². The van der Waals surface area contributed by atoms with Crippen molar-refractivity contribution < 1.29 is 0 Å². The summed E-state index contributed by atoms with van der Waals surface area (Å²) in [5.74, 6) is 0. The van der Waals surface area contributed by atoms with Gasteiger partial charge in [-0.2, -0.15) is 0 Å². The third-order valence-corrected chi connectivity index (χ3v) is 15.3. The first-order chi connectivity index (χ1) is 21.3. The summed E-state index contributed by atoms with van der Waals surface area (Å²) in [6, 6.07) is 19.0. The molecule has 0 nitrogen and oxygen atoms in total. The molecule has 0 fully saturated rings. The summed E-state index contributed by atoms with van der Waals surface area (Å²) in [6.07, 6.45) is 16.6. The van der Waals surface area contributed by atoms with Crippen molar-refractivity contribution in [2.24, 2.45) is 0 Å². The fraction of sp³-hybridized carbons (Fsp3) is 0.351. The van der Waals surface area contributed by atoms with E-state index in [2.05, 4.69) is 70.1 Å². The van der Waals surface area contributed by atoms with Gasteiger partial charge in [-0.3, -0.25) is 0 Å². The van der Waals surface area contributed by atoms with Crippen molar-refractivity contribution in [1.82, 2.24) is 0 Å². The number of hydrogen-bond acceptors (Lipinski definition) is 6. The van der Waals surface area contributed by atoms with E-state index in [4.69, 9.17) is 0 Å². The van der Waals surface area contributed by atoms with E-state index in [-0.39, 0.29) is 0 Å². The molecule has 0 unspecified atom stereocenters. The van der Waals surface area contributed by atoms with E-state index in [0.29, 0.717) is 0 Å². The van der Waals surface area contributed by atoms with Gasteiger partial charge in [-0.15, -0.1) is 68.0 Å². The van der Waals surface area contributed by atoms with Crippen LogP contribution in [0.1, 0.15) is 80.0 Å². The van der Waals surface area contributed by atoms with Gasteiger partial charge in [0.05, 0.1) is 0 Å². The molecule has 0 saturated carbocycles. The zero-order valence-corrected chi connectivity index (χ0v) is 29.5. The van der Waals surface area contributed by atoms with Gasteiger partial charge < -0.3 is 0 Å². The predicted molar refractivity (Wildman–Crippen MR) is 198 cm³/mol. The smallest absolute Gasteiger partial charge is 0.0474 e. The van der Waals surface area contributed by atoms with Gasteiger partial charge in [0.2, 0.25) is 0 Å². The van der Waals surface area contributed by atoms with Crippen molar-refractivity contribution in [2.75, 3.05) is 0 Å². The van der Waals surface area contributed by atoms with Crippen LogP contribution in [0.4, 0.5) is 0 Å². The molecule has 6 heteroatoms. The molecular weight excluding hydrogens is 637 g/mol. The van der Waals surface area contributed by atoms with Crippen molar-refractivity contribution >= 4 is 68.0 Å². The van der Waals surface area contributed by atoms with Crippen LogP contribution in [0.2, 0.25) is 0 Å². The minimum atomic E-state index is 1.20. The summed E-state index contributed by atoms with van der Waals surface area (Å²) >= 11 is 11.7. The molecule has 1 aliphatic heterocycles. The van der Waals surface area contributed by atoms with Crippen LogP contribution in [0, 0.1) is 0 Å². The summed E-state index contributed by atoms with van der Waals surface area (Å²) in [4.78, 5) is 11.8. The van der Waals surface area contributed by atoms with Gasteiger partial charge in [-0.05, 0) is 144 Å². The zero-order chi connectivity index (χ0) is 28.8. The first kappa shape index (κ1) is 29.9. The van der Waals surface area contributed by atoms with Crippen LogP contribution in [-0.2, 0) is 25.7 Å². The summed E-state index contributed by atoms with van der Waals surface area (Å²) in [7, 11) is 0. The molecule has 4 bridgehead atoms. The Morgan fingerprint density at radius 1 is 0.302 bits per heavy atom. The summed E-state index contributed by atoms with van der Waals surface area (Å²) in [5, 5.41) is 9.20. The van der Waals surface area contributed by atoms with E-state index >= 15 is 0 Å². The van der Waals surface area contributed by atoms with Crippen molar-refractivity contribution in [1.29, 1.82) is 0 Å². The minimum absolute atomic E-state index is 1.20. The molecule has 0 atom stereocenters. The molecule has 6 aromatic rings. The molecular formula is C37H38S6. The Morgan fingerprint density at radius 2 is 0.558 bits per heavy atom. The molecule has 1 aliphatic rings. The third kappa shape index (κ3) is 7.05. The highest BCUT2D eigenvalue weighted by molar-refractivity contribution is 7.26. The summed E-state index contributed by atoms with van der Waals surface area (Å²) in [6.45, 7) is 0. The quantitative estimate of drug-likeness (QED) is 0.150. The number of hydrogen-bond donors (Lipinski definition) is 0. The van der Waals surface area contributed by atoms with Crippen molar-refractivity contribution in [3.63, 3.8) is 0 Å². The highest BCUT2D eigenvalue weighted by atomic mass is 32.1. The molecule has 222 valence electrons. The minimum Gasteiger partial charge on any atom is -0.143 e. The second-order valence-corrected chi connectivity index (χ2v) is 17.4. The molecule has 7 rings (SSSR count). The summed E-state index contributed by atoms with van der Waals surface area (Å²) in [5.41, 5.74) is 6.19. The lowest BCUT2D eigenvalue weighted by Gasteiger charge is -2.05. The Hall–Kier alpha value is -1.80. The molecule has 0 amide bonds. The van der Waals surface area contributed by atoms with Gasteiger partial charge in [0.15, 0.2) is 0 Å².